The summed E-state index contributed by atoms with van der Waals surface area (Å²) in [6, 6.07) is 14.9. The molecular weight excluding hydrogens is 330 g/mol. The third-order valence-electron chi connectivity index (χ3n) is 3.90. The van der Waals surface area contributed by atoms with E-state index in [-0.39, 0.29) is 0 Å². The number of rotatable bonds is 5. The van der Waals surface area contributed by atoms with Crippen LogP contribution in [0.2, 0.25) is 0 Å². The van der Waals surface area contributed by atoms with Crippen LogP contribution in [-0.4, -0.2) is 25.2 Å². The van der Waals surface area contributed by atoms with Gasteiger partial charge in [0.05, 0.1) is 26.0 Å². The largest absolute Gasteiger partial charge is 0.497 e. The van der Waals surface area contributed by atoms with Crippen molar-refractivity contribution < 1.29 is 18.7 Å². The molecule has 0 amide bonds. The molecule has 0 saturated heterocycles. The monoisotopic (exact) mass is 349 g/mol. The fraction of sp³-hybridized carbons (Fsp3) is 0.143. The molecule has 26 heavy (non-hydrogen) atoms. The minimum Gasteiger partial charge on any atom is -0.497 e. The van der Waals surface area contributed by atoms with E-state index in [1.807, 2.05) is 55.5 Å². The number of ether oxygens (including phenoxy) is 2. The summed E-state index contributed by atoms with van der Waals surface area (Å²) in [6.07, 6.45) is 3.43. The number of carbonyl (C=O) groups is 1. The van der Waals surface area contributed by atoms with Gasteiger partial charge in [-0.05, 0) is 36.8 Å². The Morgan fingerprint density at radius 3 is 2.42 bits per heavy atom. The number of benzene rings is 2. The van der Waals surface area contributed by atoms with E-state index in [2.05, 4.69) is 4.98 Å². The molecule has 1 heterocycles. The Balaban J connectivity index is 2.12. The van der Waals surface area contributed by atoms with E-state index in [1.165, 1.54) is 7.11 Å². The molecule has 0 bridgehead atoms. The van der Waals surface area contributed by atoms with Crippen molar-refractivity contribution in [2.24, 2.45) is 0 Å². The van der Waals surface area contributed by atoms with Crippen LogP contribution in [0.5, 0.6) is 5.75 Å². The van der Waals surface area contributed by atoms with Crippen LogP contribution in [-0.2, 0) is 9.53 Å². The molecule has 0 radical (unpaired) electrons. The minimum atomic E-state index is -0.434. The maximum atomic E-state index is 12.5. The summed E-state index contributed by atoms with van der Waals surface area (Å²) in [5, 5.41) is 0. The molecule has 0 N–H and O–H groups in total. The lowest BCUT2D eigenvalue weighted by atomic mass is 9.97. The second-order valence-electron chi connectivity index (χ2n) is 5.64. The lowest BCUT2D eigenvalue weighted by Gasteiger charge is -2.10. The highest BCUT2D eigenvalue weighted by molar-refractivity contribution is 6.23. The molecule has 5 nitrogen and oxygen atoms in total. The van der Waals surface area contributed by atoms with Crippen molar-refractivity contribution in [2.45, 2.75) is 6.92 Å². The van der Waals surface area contributed by atoms with Gasteiger partial charge in [-0.3, -0.25) is 0 Å². The Kier molecular flexibility index (Phi) is 5.17. The number of carbonyl (C=O) groups excluding carboxylic acids is 1. The standard InChI is InChI=1S/C21H19NO4/c1-14-13-22-20(26-14)18-7-5-4-6-17(18)19(21(23)25-3)12-15-8-10-16(24-2)11-9-15/h4-13H,1-3H3/b19-12-. The normalized spacial score (nSPS) is 11.3. The minimum absolute atomic E-state index is 0.420. The third kappa shape index (κ3) is 3.67. The van der Waals surface area contributed by atoms with Gasteiger partial charge in [0.25, 0.3) is 0 Å². The SMILES string of the molecule is COC(=O)/C(=C\c1ccc(OC)cc1)c1ccccc1-c1ncc(C)o1. The lowest BCUT2D eigenvalue weighted by molar-refractivity contribution is -0.133. The first-order valence-electron chi connectivity index (χ1n) is 8.08. The second-order valence-corrected chi connectivity index (χ2v) is 5.64. The van der Waals surface area contributed by atoms with E-state index in [4.69, 9.17) is 13.9 Å². The zero-order valence-electron chi connectivity index (χ0n) is 14.9. The molecule has 0 aliphatic rings. The first-order chi connectivity index (χ1) is 12.6. The van der Waals surface area contributed by atoms with Crippen molar-refractivity contribution >= 4 is 17.6 Å². The van der Waals surface area contributed by atoms with Gasteiger partial charge in [-0.15, -0.1) is 0 Å². The molecule has 0 atom stereocenters. The van der Waals surface area contributed by atoms with Crippen LogP contribution in [0.25, 0.3) is 23.1 Å². The van der Waals surface area contributed by atoms with Crippen molar-refractivity contribution in [3.63, 3.8) is 0 Å². The number of aryl methyl sites for hydroxylation is 1. The van der Waals surface area contributed by atoms with Crippen molar-refractivity contribution in [1.82, 2.24) is 4.98 Å². The number of esters is 1. The van der Waals surface area contributed by atoms with Gasteiger partial charge >= 0.3 is 5.97 Å². The Morgan fingerprint density at radius 2 is 1.81 bits per heavy atom. The highest BCUT2D eigenvalue weighted by Crippen LogP contribution is 2.31. The summed E-state index contributed by atoms with van der Waals surface area (Å²) in [5.74, 6) is 1.48. The number of hydrogen-bond donors (Lipinski definition) is 0. The third-order valence-corrected chi connectivity index (χ3v) is 3.90. The van der Waals surface area contributed by atoms with Gasteiger partial charge in [0.15, 0.2) is 0 Å². The molecule has 3 aromatic rings. The Bertz CT molecular complexity index is 939. The fourth-order valence-electron chi connectivity index (χ4n) is 2.61. The molecule has 3 rings (SSSR count). The first-order valence-corrected chi connectivity index (χ1v) is 8.08. The predicted octanol–water partition coefficient (Wildman–Crippen LogP) is 4.37. The highest BCUT2D eigenvalue weighted by Gasteiger charge is 2.19. The average molecular weight is 349 g/mol. The molecular formula is C21H19NO4. The lowest BCUT2D eigenvalue weighted by Crippen LogP contribution is -2.05. The molecule has 1 aromatic heterocycles. The first kappa shape index (κ1) is 17.5. The smallest absolute Gasteiger partial charge is 0.338 e. The zero-order chi connectivity index (χ0) is 18.5. The van der Waals surface area contributed by atoms with Crippen LogP contribution in [0.15, 0.2) is 59.1 Å². The van der Waals surface area contributed by atoms with E-state index in [0.717, 1.165) is 16.9 Å². The van der Waals surface area contributed by atoms with Gasteiger partial charge in [-0.25, -0.2) is 9.78 Å². The number of methoxy groups -OCH3 is 2. The van der Waals surface area contributed by atoms with Crippen molar-refractivity contribution in [1.29, 1.82) is 0 Å². The summed E-state index contributed by atoms with van der Waals surface area (Å²) < 4.78 is 15.8. The van der Waals surface area contributed by atoms with Gasteiger partial charge in [0.1, 0.15) is 11.5 Å². The predicted molar refractivity (Wildman–Crippen MR) is 99.6 cm³/mol. The quantitative estimate of drug-likeness (QED) is 0.389. The molecule has 0 aliphatic carbocycles. The summed E-state index contributed by atoms with van der Waals surface area (Å²) in [5.41, 5.74) is 2.69. The average Bonchev–Trinajstić information content (AvgIpc) is 3.12. The molecule has 0 fully saturated rings. The molecule has 0 unspecified atom stereocenters. The van der Waals surface area contributed by atoms with Crippen molar-refractivity contribution in [2.75, 3.05) is 14.2 Å². The van der Waals surface area contributed by atoms with Gasteiger partial charge < -0.3 is 13.9 Å². The van der Waals surface area contributed by atoms with Crippen LogP contribution in [0.4, 0.5) is 0 Å². The Hall–Kier alpha value is -3.34. The number of nitrogens with zero attached hydrogens (tertiary/aromatic N) is 1. The number of aromatic nitrogens is 1. The van der Waals surface area contributed by atoms with Crippen LogP contribution in [0.1, 0.15) is 16.9 Å². The van der Waals surface area contributed by atoms with Crippen LogP contribution in [0, 0.1) is 6.92 Å². The Labute approximate surface area is 151 Å². The maximum absolute atomic E-state index is 12.5. The van der Waals surface area contributed by atoms with Crippen LogP contribution < -0.4 is 4.74 Å². The Morgan fingerprint density at radius 1 is 1.08 bits per heavy atom. The maximum Gasteiger partial charge on any atom is 0.338 e. The van der Waals surface area contributed by atoms with E-state index in [1.54, 1.807) is 19.4 Å². The van der Waals surface area contributed by atoms with Gasteiger partial charge in [-0.2, -0.15) is 0 Å². The summed E-state index contributed by atoms with van der Waals surface area (Å²) >= 11 is 0. The summed E-state index contributed by atoms with van der Waals surface area (Å²) in [7, 11) is 2.97. The summed E-state index contributed by atoms with van der Waals surface area (Å²) in [4.78, 5) is 16.7. The molecule has 0 spiro atoms. The second kappa shape index (κ2) is 7.70. The summed E-state index contributed by atoms with van der Waals surface area (Å²) in [6.45, 7) is 1.83. The molecule has 0 saturated carbocycles. The molecule has 0 aliphatic heterocycles. The number of hydrogen-bond acceptors (Lipinski definition) is 5. The van der Waals surface area contributed by atoms with Crippen LogP contribution in [0.3, 0.4) is 0 Å². The van der Waals surface area contributed by atoms with Crippen molar-refractivity contribution in [3.8, 4) is 17.2 Å². The molecule has 132 valence electrons. The fourth-order valence-corrected chi connectivity index (χ4v) is 2.61. The van der Waals surface area contributed by atoms with E-state index < -0.39 is 5.97 Å². The van der Waals surface area contributed by atoms with Gasteiger partial charge in [0, 0.05) is 11.1 Å². The topological polar surface area (TPSA) is 61.6 Å². The van der Waals surface area contributed by atoms with Crippen LogP contribution >= 0.6 is 0 Å². The van der Waals surface area contributed by atoms with E-state index in [0.29, 0.717) is 22.8 Å². The number of oxazole rings is 1. The van der Waals surface area contributed by atoms with Gasteiger partial charge in [-0.1, -0.05) is 30.3 Å². The molecule has 2 aromatic carbocycles. The molecule has 5 heteroatoms. The van der Waals surface area contributed by atoms with Crippen molar-refractivity contribution in [3.05, 3.63) is 71.6 Å². The zero-order valence-corrected chi connectivity index (χ0v) is 14.9. The van der Waals surface area contributed by atoms with Gasteiger partial charge in [0.2, 0.25) is 5.89 Å². The van der Waals surface area contributed by atoms with E-state index in [9.17, 15) is 4.79 Å². The van der Waals surface area contributed by atoms with E-state index >= 15 is 0 Å². The highest BCUT2D eigenvalue weighted by atomic mass is 16.5.